The summed E-state index contributed by atoms with van der Waals surface area (Å²) in [5, 5.41) is -4.77. The van der Waals surface area contributed by atoms with Crippen LogP contribution in [0.15, 0.2) is 0 Å². The van der Waals surface area contributed by atoms with E-state index in [1.165, 1.54) is 0 Å². The van der Waals surface area contributed by atoms with E-state index >= 15 is 0 Å². The normalized spacial score (nSPS) is 12.5. The van der Waals surface area contributed by atoms with Gasteiger partial charge in [0.15, 0.2) is 0 Å². The molecule has 1 N–H and O–H groups in total. The Bertz CT molecular complexity index is 362. The van der Waals surface area contributed by atoms with Gasteiger partial charge < -0.3 is 4.90 Å². The Morgan fingerprint density at radius 1 is 1.17 bits per heavy atom. The zero-order valence-electron chi connectivity index (χ0n) is 10.5. The van der Waals surface area contributed by atoms with Crippen molar-refractivity contribution >= 4 is 16.0 Å². The number of unbranched alkanes of at least 4 members (excludes halogenated alkanes) is 2. The smallest absolute Gasteiger partial charge is 0.336 e. The standard InChI is InChI=1S/C10H19F2NO4S/c1-3-5-7-13(8-6-4-2)9(14)10(11,12)18(15,16)17/h3-8H2,1-2H3,(H,15,16,17). The number of hydrogen-bond donors (Lipinski definition) is 1. The second-order valence-corrected chi connectivity index (χ2v) is 5.45. The molecule has 18 heavy (non-hydrogen) atoms. The van der Waals surface area contributed by atoms with E-state index in [1.54, 1.807) is 0 Å². The lowest BCUT2D eigenvalue weighted by molar-refractivity contribution is -0.147. The van der Waals surface area contributed by atoms with Crippen molar-refractivity contribution in [2.24, 2.45) is 0 Å². The first kappa shape index (κ1) is 17.2. The molecule has 0 aliphatic carbocycles. The number of carbonyl (C=O) groups is 1. The first-order valence-electron chi connectivity index (χ1n) is 5.82. The van der Waals surface area contributed by atoms with Crippen LogP contribution < -0.4 is 0 Å². The summed E-state index contributed by atoms with van der Waals surface area (Å²) in [6.45, 7) is 3.76. The number of rotatable bonds is 8. The minimum Gasteiger partial charge on any atom is -0.336 e. The molecule has 0 aromatic carbocycles. The minimum atomic E-state index is -5.72. The monoisotopic (exact) mass is 287 g/mol. The zero-order chi connectivity index (χ0) is 14.4. The summed E-state index contributed by atoms with van der Waals surface area (Å²) in [6, 6.07) is 0. The van der Waals surface area contributed by atoms with E-state index in [0.29, 0.717) is 25.7 Å². The molecular formula is C10H19F2NO4S. The average Bonchev–Trinajstić information content (AvgIpc) is 2.27. The maximum atomic E-state index is 13.2. The highest BCUT2D eigenvalue weighted by Gasteiger charge is 2.54. The second kappa shape index (κ2) is 6.98. The van der Waals surface area contributed by atoms with Crippen LogP contribution in [0.3, 0.4) is 0 Å². The van der Waals surface area contributed by atoms with Crippen LogP contribution in [0, 0.1) is 0 Å². The topological polar surface area (TPSA) is 74.7 Å². The van der Waals surface area contributed by atoms with Gasteiger partial charge in [-0.05, 0) is 12.8 Å². The fourth-order valence-corrected chi connectivity index (χ4v) is 1.66. The average molecular weight is 287 g/mol. The lowest BCUT2D eigenvalue weighted by Crippen LogP contribution is -2.48. The van der Waals surface area contributed by atoms with E-state index in [1.807, 2.05) is 13.8 Å². The largest absolute Gasteiger partial charge is 0.446 e. The fourth-order valence-electron chi connectivity index (χ4n) is 1.31. The van der Waals surface area contributed by atoms with Gasteiger partial charge in [-0.3, -0.25) is 9.35 Å². The van der Waals surface area contributed by atoms with Crippen LogP contribution in [0.1, 0.15) is 39.5 Å². The van der Waals surface area contributed by atoms with Gasteiger partial charge in [-0.15, -0.1) is 0 Å². The molecule has 8 heteroatoms. The molecule has 108 valence electrons. The Kier molecular flexibility index (Phi) is 6.69. The maximum Gasteiger partial charge on any atom is 0.446 e. The highest BCUT2D eigenvalue weighted by atomic mass is 32.2. The van der Waals surface area contributed by atoms with Crippen LogP contribution in [0.2, 0.25) is 0 Å². The van der Waals surface area contributed by atoms with Crippen LogP contribution in [-0.2, 0) is 14.9 Å². The van der Waals surface area contributed by atoms with Gasteiger partial charge in [0, 0.05) is 13.1 Å². The first-order chi connectivity index (χ1) is 8.18. The predicted octanol–water partition coefficient (Wildman–Crippen LogP) is 1.90. The maximum absolute atomic E-state index is 13.2. The van der Waals surface area contributed by atoms with Gasteiger partial charge in [-0.2, -0.15) is 17.2 Å². The second-order valence-electron chi connectivity index (χ2n) is 3.99. The molecule has 0 spiro atoms. The summed E-state index contributed by atoms with van der Waals surface area (Å²) < 4.78 is 55.8. The summed E-state index contributed by atoms with van der Waals surface area (Å²) in [5.41, 5.74) is 0. The van der Waals surface area contributed by atoms with Crippen molar-refractivity contribution in [2.75, 3.05) is 13.1 Å². The molecule has 0 aromatic heterocycles. The molecule has 0 bridgehead atoms. The molecule has 0 aromatic rings. The van der Waals surface area contributed by atoms with Crippen molar-refractivity contribution in [2.45, 2.75) is 44.8 Å². The van der Waals surface area contributed by atoms with Gasteiger partial charge in [-0.1, -0.05) is 26.7 Å². The van der Waals surface area contributed by atoms with Crippen molar-refractivity contribution in [3.8, 4) is 0 Å². The highest BCUT2D eigenvalue weighted by molar-refractivity contribution is 7.87. The highest BCUT2D eigenvalue weighted by Crippen LogP contribution is 2.24. The van der Waals surface area contributed by atoms with Crippen molar-refractivity contribution in [1.82, 2.24) is 4.90 Å². The Labute approximate surface area is 106 Å². The lowest BCUT2D eigenvalue weighted by atomic mass is 10.2. The first-order valence-corrected chi connectivity index (χ1v) is 7.26. The van der Waals surface area contributed by atoms with Gasteiger partial charge >= 0.3 is 21.3 Å². The molecule has 0 fully saturated rings. The van der Waals surface area contributed by atoms with Gasteiger partial charge in [0.1, 0.15) is 0 Å². The van der Waals surface area contributed by atoms with Crippen LogP contribution in [0.5, 0.6) is 0 Å². The number of halogens is 2. The molecule has 1 amide bonds. The van der Waals surface area contributed by atoms with Crippen molar-refractivity contribution in [3.05, 3.63) is 0 Å². The van der Waals surface area contributed by atoms with E-state index in [9.17, 15) is 22.0 Å². The summed E-state index contributed by atoms with van der Waals surface area (Å²) in [6.07, 6.45) is 2.37. The number of nitrogens with zero attached hydrogens (tertiary/aromatic N) is 1. The molecule has 0 radical (unpaired) electrons. The molecule has 0 saturated carbocycles. The predicted molar refractivity (Wildman–Crippen MR) is 62.9 cm³/mol. The third-order valence-corrected chi connectivity index (χ3v) is 3.25. The van der Waals surface area contributed by atoms with Crippen LogP contribution >= 0.6 is 0 Å². The summed E-state index contributed by atoms with van der Waals surface area (Å²) in [4.78, 5) is 12.3. The third kappa shape index (κ3) is 4.49. The molecule has 0 unspecified atom stereocenters. The summed E-state index contributed by atoms with van der Waals surface area (Å²) >= 11 is 0. The molecule has 0 aliphatic rings. The number of alkyl halides is 2. The Hall–Kier alpha value is -0.760. The quantitative estimate of drug-likeness (QED) is 0.692. The van der Waals surface area contributed by atoms with Crippen molar-refractivity contribution in [1.29, 1.82) is 0 Å². The number of carbonyl (C=O) groups excluding carboxylic acids is 1. The third-order valence-electron chi connectivity index (χ3n) is 2.42. The van der Waals surface area contributed by atoms with Gasteiger partial charge in [-0.25, -0.2) is 0 Å². The van der Waals surface area contributed by atoms with Crippen LogP contribution in [0.25, 0.3) is 0 Å². The van der Waals surface area contributed by atoms with Crippen LogP contribution in [-0.4, -0.2) is 42.1 Å². The van der Waals surface area contributed by atoms with E-state index < -0.39 is 21.3 Å². The Balaban J connectivity index is 4.93. The Morgan fingerprint density at radius 2 is 1.56 bits per heavy atom. The molecule has 0 rings (SSSR count). The molecular weight excluding hydrogens is 268 g/mol. The minimum absolute atomic E-state index is 0.0560. The Morgan fingerprint density at radius 3 is 1.83 bits per heavy atom. The van der Waals surface area contributed by atoms with E-state index in [-0.39, 0.29) is 13.1 Å². The van der Waals surface area contributed by atoms with Crippen molar-refractivity contribution in [3.63, 3.8) is 0 Å². The summed E-state index contributed by atoms with van der Waals surface area (Å²) in [5.74, 6) is -1.85. The molecule has 0 atom stereocenters. The van der Waals surface area contributed by atoms with E-state index in [4.69, 9.17) is 4.55 Å². The van der Waals surface area contributed by atoms with Crippen LogP contribution in [0.4, 0.5) is 8.78 Å². The van der Waals surface area contributed by atoms with E-state index in [0.717, 1.165) is 4.90 Å². The van der Waals surface area contributed by atoms with Gasteiger partial charge in [0.05, 0.1) is 0 Å². The molecule has 5 nitrogen and oxygen atoms in total. The lowest BCUT2D eigenvalue weighted by Gasteiger charge is -2.25. The van der Waals surface area contributed by atoms with Crippen molar-refractivity contribution < 1.29 is 26.5 Å². The van der Waals surface area contributed by atoms with E-state index in [2.05, 4.69) is 0 Å². The van der Waals surface area contributed by atoms with Gasteiger partial charge in [0.25, 0.3) is 0 Å². The molecule has 0 heterocycles. The number of hydrogen-bond acceptors (Lipinski definition) is 3. The summed E-state index contributed by atoms with van der Waals surface area (Å²) in [7, 11) is -5.72. The number of amides is 1. The zero-order valence-corrected chi connectivity index (χ0v) is 11.3. The molecule has 0 aliphatic heterocycles. The SMILES string of the molecule is CCCCN(CCCC)C(=O)C(F)(F)S(=O)(=O)O. The fraction of sp³-hybridized carbons (Fsp3) is 0.900. The molecule has 0 saturated heterocycles. The van der Waals surface area contributed by atoms with Gasteiger partial charge in [0.2, 0.25) is 0 Å².